The van der Waals surface area contributed by atoms with Crippen molar-refractivity contribution in [3.63, 3.8) is 0 Å². The van der Waals surface area contributed by atoms with Gasteiger partial charge >= 0.3 is 11.9 Å². The summed E-state index contributed by atoms with van der Waals surface area (Å²) in [6.45, 7) is 0.224. The number of methoxy groups -OCH3 is 1. The Morgan fingerprint density at radius 2 is 2.11 bits per heavy atom. The summed E-state index contributed by atoms with van der Waals surface area (Å²) in [4.78, 5) is 22.9. The van der Waals surface area contributed by atoms with Crippen LogP contribution >= 0.6 is 0 Å². The lowest BCUT2D eigenvalue weighted by atomic mass is 9.94. The molecule has 2 atom stereocenters. The summed E-state index contributed by atoms with van der Waals surface area (Å²) in [6.07, 6.45) is 3.70. The summed E-state index contributed by atoms with van der Waals surface area (Å²) < 4.78 is 9.51. The first-order valence-electron chi connectivity index (χ1n) is 5.70. The highest BCUT2D eigenvalue weighted by Crippen LogP contribution is 2.25. The molecule has 2 rings (SSSR count). The Morgan fingerprint density at radius 1 is 1.39 bits per heavy atom. The second kappa shape index (κ2) is 5.49. The number of cyclic esters (lactones) is 1. The van der Waals surface area contributed by atoms with E-state index < -0.39 is 17.9 Å². The molecule has 4 heteroatoms. The summed E-state index contributed by atoms with van der Waals surface area (Å²) in [7, 11) is 1.27. The third-order valence-electron chi connectivity index (χ3n) is 2.89. The molecular weight excluding hydrogens is 232 g/mol. The molecule has 1 aliphatic rings. The molecule has 1 fully saturated rings. The first-order valence-corrected chi connectivity index (χ1v) is 5.70. The van der Waals surface area contributed by atoms with E-state index in [-0.39, 0.29) is 12.5 Å². The van der Waals surface area contributed by atoms with E-state index in [1.165, 1.54) is 7.11 Å². The molecule has 1 saturated heterocycles. The van der Waals surface area contributed by atoms with Gasteiger partial charge < -0.3 is 9.47 Å². The van der Waals surface area contributed by atoms with E-state index in [1.54, 1.807) is 0 Å². The van der Waals surface area contributed by atoms with Crippen molar-refractivity contribution >= 4 is 18.0 Å². The van der Waals surface area contributed by atoms with Crippen molar-refractivity contribution in [2.45, 2.75) is 0 Å². The monoisotopic (exact) mass is 246 g/mol. The fraction of sp³-hybridized carbons (Fsp3) is 0.286. The molecule has 0 amide bonds. The highest BCUT2D eigenvalue weighted by atomic mass is 16.6. The standard InChI is InChI=1S/C14H14O4/c1-17-13(15)12-11(9-18-14(12)16)8-7-10-5-3-2-4-6-10/h2-8,11-12H,9H2,1H3/b8-7+. The van der Waals surface area contributed by atoms with Gasteiger partial charge in [0.15, 0.2) is 5.92 Å². The van der Waals surface area contributed by atoms with Gasteiger partial charge in [-0.05, 0) is 5.56 Å². The van der Waals surface area contributed by atoms with E-state index in [9.17, 15) is 9.59 Å². The molecule has 0 saturated carbocycles. The van der Waals surface area contributed by atoms with Gasteiger partial charge in [-0.25, -0.2) is 0 Å². The van der Waals surface area contributed by atoms with E-state index in [1.807, 2.05) is 42.5 Å². The molecule has 0 bridgehead atoms. The summed E-state index contributed by atoms with van der Waals surface area (Å²) >= 11 is 0. The molecule has 0 aliphatic carbocycles. The van der Waals surface area contributed by atoms with Crippen LogP contribution in [-0.4, -0.2) is 25.7 Å². The minimum Gasteiger partial charge on any atom is -0.468 e. The number of rotatable bonds is 3. The molecule has 0 spiro atoms. The van der Waals surface area contributed by atoms with E-state index in [2.05, 4.69) is 4.74 Å². The number of esters is 2. The number of carbonyl (C=O) groups is 2. The first-order chi connectivity index (χ1) is 8.72. The van der Waals surface area contributed by atoms with E-state index in [0.29, 0.717) is 0 Å². The van der Waals surface area contributed by atoms with Gasteiger partial charge in [0.25, 0.3) is 0 Å². The smallest absolute Gasteiger partial charge is 0.321 e. The Morgan fingerprint density at radius 3 is 2.78 bits per heavy atom. The topological polar surface area (TPSA) is 52.6 Å². The minimum absolute atomic E-state index is 0.224. The maximum absolute atomic E-state index is 11.5. The van der Waals surface area contributed by atoms with Crippen LogP contribution in [0.15, 0.2) is 36.4 Å². The van der Waals surface area contributed by atoms with Crippen molar-refractivity contribution in [3.05, 3.63) is 42.0 Å². The highest BCUT2D eigenvalue weighted by molar-refractivity contribution is 5.96. The molecule has 1 aromatic carbocycles. The van der Waals surface area contributed by atoms with Gasteiger partial charge in [0.05, 0.1) is 13.7 Å². The average molecular weight is 246 g/mol. The molecule has 94 valence electrons. The number of carbonyl (C=O) groups excluding carboxylic acids is 2. The molecule has 18 heavy (non-hydrogen) atoms. The minimum atomic E-state index is -0.838. The fourth-order valence-electron chi connectivity index (χ4n) is 1.90. The van der Waals surface area contributed by atoms with Crippen LogP contribution in [0.3, 0.4) is 0 Å². The summed E-state index contributed by atoms with van der Waals surface area (Å²) in [6, 6.07) is 9.67. The SMILES string of the molecule is COC(=O)C1C(=O)OCC1/C=C/c1ccccc1. The first kappa shape index (κ1) is 12.4. The van der Waals surface area contributed by atoms with Gasteiger partial charge in [-0.1, -0.05) is 42.5 Å². The zero-order valence-corrected chi connectivity index (χ0v) is 10.0. The molecule has 0 aromatic heterocycles. The van der Waals surface area contributed by atoms with Crippen molar-refractivity contribution in [2.75, 3.05) is 13.7 Å². The van der Waals surface area contributed by atoms with Crippen LogP contribution in [0.2, 0.25) is 0 Å². The van der Waals surface area contributed by atoms with Gasteiger partial charge in [-0.2, -0.15) is 0 Å². The largest absolute Gasteiger partial charge is 0.468 e. The Bertz CT molecular complexity index is 464. The van der Waals surface area contributed by atoms with E-state index in [4.69, 9.17) is 4.74 Å². The van der Waals surface area contributed by atoms with Gasteiger partial charge in [0, 0.05) is 5.92 Å². The summed E-state index contributed by atoms with van der Waals surface area (Å²) in [5.41, 5.74) is 1.01. The van der Waals surface area contributed by atoms with Crippen LogP contribution in [0.25, 0.3) is 6.08 Å². The molecule has 1 aliphatic heterocycles. The van der Waals surface area contributed by atoms with Crippen molar-refractivity contribution in [1.29, 1.82) is 0 Å². The van der Waals surface area contributed by atoms with Crippen LogP contribution in [0.5, 0.6) is 0 Å². The Hall–Kier alpha value is -2.10. The molecular formula is C14H14O4. The lowest BCUT2D eigenvalue weighted by molar-refractivity contribution is -0.154. The summed E-state index contributed by atoms with van der Waals surface area (Å²) in [5.74, 6) is -2.15. The molecule has 0 radical (unpaired) electrons. The Labute approximate surface area is 105 Å². The molecule has 2 unspecified atom stereocenters. The number of hydrogen-bond acceptors (Lipinski definition) is 4. The van der Waals surface area contributed by atoms with Crippen LogP contribution < -0.4 is 0 Å². The maximum atomic E-state index is 11.5. The lowest BCUT2D eigenvalue weighted by Gasteiger charge is -2.08. The van der Waals surface area contributed by atoms with Crippen LogP contribution in [0.4, 0.5) is 0 Å². The third-order valence-corrected chi connectivity index (χ3v) is 2.89. The predicted molar refractivity (Wildman–Crippen MR) is 65.4 cm³/mol. The third kappa shape index (κ3) is 2.59. The van der Waals surface area contributed by atoms with E-state index in [0.717, 1.165) is 5.56 Å². The molecule has 0 N–H and O–H groups in total. The molecule has 1 heterocycles. The van der Waals surface area contributed by atoms with Gasteiger partial charge in [0.2, 0.25) is 0 Å². The van der Waals surface area contributed by atoms with Gasteiger partial charge in [0.1, 0.15) is 0 Å². The molecule has 4 nitrogen and oxygen atoms in total. The predicted octanol–water partition coefficient (Wildman–Crippen LogP) is 1.66. The second-order valence-electron chi connectivity index (χ2n) is 4.06. The zero-order valence-electron chi connectivity index (χ0n) is 10.0. The zero-order chi connectivity index (χ0) is 13.0. The quantitative estimate of drug-likeness (QED) is 0.601. The highest BCUT2D eigenvalue weighted by Gasteiger charge is 2.41. The van der Waals surface area contributed by atoms with Crippen molar-refractivity contribution < 1.29 is 19.1 Å². The summed E-state index contributed by atoms with van der Waals surface area (Å²) in [5, 5.41) is 0. The van der Waals surface area contributed by atoms with Crippen molar-refractivity contribution in [2.24, 2.45) is 11.8 Å². The van der Waals surface area contributed by atoms with Crippen LogP contribution in [0.1, 0.15) is 5.56 Å². The fourth-order valence-corrected chi connectivity index (χ4v) is 1.90. The average Bonchev–Trinajstić information content (AvgIpc) is 2.78. The number of benzene rings is 1. The van der Waals surface area contributed by atoms with Gasteiger partial charge in [-0.3, -0.25) is 9.59 Å². The van der Waals surface area contributed by atoms with Crippen molar-refractivity contribution in [1.82, 2.24) is 0 Å². The van der Waals surface area contributed by atoms with E-state index >= 15 is 0 Å². The molecule has 1 aromatic rings. The Kier molecular flexibility index (Phi) is 3.77. The maximum Gasteiger partial charge on any atom is 0.321 e. The lowest BCUT2D eigenvalue weighted by Crippen LogP contribution is -2.25. The Balaban J connectivity index is 2.11. The number of hydrogen-bond donors (Lipinski definition) is 0. The van der Waals surface area contributed by atoms with Crippen LogP contribution in [-0.2, 0) is 19.1 Å². The van der Waals surface area contributed by atoms with Gasteiger partial charge in [-0.15, -0.1) is 0 Å². The normalized spacial score (nSPS) is 23.1. The number of ether oxygens (including phenoxy) is 2. The van der Waals surface area contributed by atoms with Crippen molar-refractivity contribution in [3.8, 4) is 0 Å². The second-order valence-corrected chi connectivity index (χ2v) is 4.06. The van der Waals surface area contributed by atoms with Crippen LogP contribution in [0, 0.1) is 11.8 Å².